The molecule has 1 saturated carbocycles. The topological polar surface area (TPSA) is 3.24 Å². The summed E-state index contributed by atoms with van der Waals surface area (Å²) in [5, 5.41) is 0. The Morgan fingerprint density at radius 1 is 0.960 bits per heavy atom. The van der Waals surface area contributed by atoms with E-state index in [0.29, 0.717) is 6.04 Å². The maximum atomic E-state index is 2.97. The zero-order valence-electron chi connectivity index (χ0n) is 17.4. The molecule has 1 heterocycles. The van der Waals surface area contributed by atoms with Crippen molar-refractivity contribution in [2.45, 2.75) is 103 Å². The van der Waals surface area contributed by atoms with Crippen molar-refractivity contribution in [1.82, 2.24) is 4.90 Å². The van der Waals surface area contributed by atoms with Crippen LogP contribution in [-0.4, -0.2) is 22.5 Å². The van der Waals surface area contributed by atoms with Gasteiger partial charge < -0.3 is 0 Å². The molecule has 1 aromatic rings. The average Bonchev–Trinajstić information content (AvgIpc) is 2.80. The molecule has 1 aliphatic heterocycles. The molecule has 1 aromatic carbocycles. The normalized spacial score (nSPS) is 38.8. The van der Waals surface area contributed by atoms with Crippen LogP contribution in [0, 0.1) is 11.8 Å². The van der Waals surface area contributed by atoms with Crippen LogP contribution in [0.4, 0.5) is 0 Å². The third-order valence-corrected chi connectivity index (χ3v) is 7.76. The number of hydrogen-bond acceptors (Lipinski definition) is 1. The summed E-state index contributed by atoms with van der Waals surface area (Å²) in [5.74, 6) is 1.75. The van der Waals surface area contributed by atoms with Crippen LogP contribution in [-0.2, 0) is 5.41 Å². The first-order valence-electron chi connectivity index (χ1n) is 10.7. The van der Waals surface area contributed by atoms with Gasteiger partial charge in [-0.25, -0.2) is 0 Å². The van der Waals surface area contributed by atoms with Gasteiger partial charge in [-0.1, -0.05) is 70.4 Å². The fourth-order valence-corrected chi connectivity index (χ4v) is 6.51. The highest BCUT2D eigenvalue weighted by atomic mass is 15.3. The predicted octanol–water partition coefficient (Wildman–Crippen LogP) is 6.42. The Kier molecular flexibility index (Phi) is 5.36. The molecular weight excluding hydrogens is 302 g/mol. The molecule has 3 rings (SSSR count). The Hall–Kier alpha value is -0.820. The van der Waals surface area contributed by atoms with Gasteiger partial charge in [-0.3, -0.25) is 4.90 Å². The minimum atomic E-state index is 0.249. The molecule has 1 aliphatic carbocycles. The van der Waals surface area contributed by atoms with E-state index >= 15 is 0 Å². The first-order valence-corrected chi connectivity index (χ1v) is 10.7. The van der Waals surface area contributed by atoms with Crippen molar-refractivity contribution in [3.8, 4) is 0 Å². The standard InChI is InChI=1S/C24H39N/c1-7-19-13-12-14-20(8-2)22(19)25-18(3)24(6,17-23(25,4)5)21-15-10-9-11-16-21/h9-11,15-16,18-20,22H,7-8,12-14,17H2,1-6H3/t18?,19-,20?,22?,24?/m1/s1. The van der Waals surface area contributed by atoms with E-state index in [0.717, 1.165) is 17.9 Å². The summed E-state index contributed by atoms with van der Waals surface area (Å²) in [6.07, 6.45) is 8.23. The van der Waals surface area contributed by atoms with Crippen LogP contribution in [0.1, 0.15) is 85.6 Å². The summed E-state index contributed by atoms with van der Waals surface area (Å²) >= 11 is 0. The summed E-state index contributed by atoms with van der Waals surface area (Å²) in [6, 6.07) is 12.6. The van der Waals surface area contributed by atoms with E-state index in [2.05, 4.69) is 76.8 Å². The monoisotopic (exact) mass is 341 g/mol. The molecule has 5 atom stereocenters. The average molecular weight is 342 g/mol. The molecule has 0 amide bonds. The van der Waals surface area contributed by atoms with Crippen LogP contribution in [0.15, 0.2) is 30.3 Å². The zero-order valence-corrected chi connectivity index (χ0v) is 17.4. The highest BCUT2D eigenvalue weighted by Gasteiger charge is 2.56. The molecule has 1 nitrogen and oxygen atoms in total. The third kappa shape index (κ3) is 3.18. The van der Waals surface area contributed by atoms with Crippen molar-refractivity contribution in [3.05, 3.63) is 35.9 Å². The van der Waals surface area contributed by atoms with E-state index in [1.807, 2.05) is 0 Å². The molecule has 25 heavy (non-hydrogen) atoms. The molecule has 4 unspecified atom stereocenters. The highest BCUT2D eigenvalue weighted by Crippen LogP contribution is 2.52. The largest absolute Gasteiger partial charge is 0.291 e. The number of benzene rings is 1. The van der Waals surface area contributed by atoms with Crippen molar-refractivity contribution in [3.63, 3.8) is 0 Å². The molecule has 2 fully saturated rings. The lowest BCUT2D eigenvalue weighted by Gasteiger charge is -2.50. The first-order chi connectivity index (χ1) is 11.8. The van der Waals surface area contributed by atoms with E-state index in [-0.39, 0.29) is 11.0 Å². The Bertz CT molecular complexity index is 551. The van der Waals surface area contributed by atoms with Crippen LogP contribution in [0.25, 0.3) is 0 Å². The van der Waals surface area contributed by atoms with Gasteiger partial charge in [0.05, 0.1) is 0 Å². The van der Waals surface area contributed by atoms with Crippen molar-refractivity contribution < 1.29 is 0 Å². The molecule has 0 aromatic heterocycles. The molecule has 0 spiro atoms. The maximum Gasteiger partial charge on any atom is 0.0170 e. The number of hydrogen-bond donors (Lipinski definition) is 0. The molecule has 1 saturated heterocycles. The van der Waals surface area contributed by atoms with Crippen molar-refractivity contribution >= 4 is 0 Å². The van der Waals surface area contributed by atoms with Gasteiger partial charge in [0.1, 0.15) is 0 Å². The summed E-state index contributed by atoms with van der Waals surface area (Å²) < 4.78 is 0. The molecular formula is C24H39N. The smallest absolute Gasteiger partial charge is 0.0170 e. The van der Waals surface area contributed by atoms with Gasteiger partial charge in [0.25, 0.3) is 0 Å². The summed E-state index contributed by atoms with van der Waals surface area (Å²) in [7, 11) is 0. The van der Waals surface area contributed by atoms with Crippen LogP contribution in [0.3, 0.4) is 0 Å². The van der Waals surface area contributed by atoms with Crippen LogP contribution in [0.2, 0.25) is 0 Å². The number of rotatable bonds is 4. The summed E-state index contributed by atoms with van der Waals surface area (Å²) in [5.41, 5.74) is 2.04. The highest BCUT2D eigenvalue weighted by molar-refractivity contribution is 5.31. The second-order valence-electron chi connectivity index (χ2n) is 9.61. The second kappa shape index (κ2) is 7.06. The number of nitrogens with zero attached hydrogens (tertiary/aromatic N) is 1. The van der Waals surface area contributed by atoms with Crippen LogP contribution in [0.5, 0.6) is 0 Å². The van der Waals surface area contributed by atoms with Gasteiger partial charge >= 0.3 is 0 Å². The lowest BCUT2D eigenvalue weighted by Crippen LogP contribution is -2.56. The first kappa shape index (κ1) is 19.0. The Labute approximate surface area is 156 Å². The van der Waals surface area contributed by atoms with Gasteiger partial charge in [0, 0.05) is 23.0 Å². The molecule has 140 valence electrons. The summed E-state index contributed by atoms with van der Waals surface area (Å²) in [6.45, 7) is 14.9. The van der Waals surface area contributed by atoms with Gasteiger partial charge in [0.2, 0.25) is 0 Å². The van der Waals surface area contributed by atoms with Crippen LogP contribution >= 0.6 is 0 Å². The van der Waals surface area contributed by atoms with Crippen LogP contribution < -0.4 is 0 Å². The van der Waals surface area contributed by atoms with E-state index in [1.54, 1.807) is 0 Å². The van der Waals surface area contributed by atoms with E-state index in [1.165, 1.54) is 44.1 Å². The minimum Gasteiger partial charge on any atom is -0.291 e. The Morgan fingerprint density at radius 3 is 2.04 bits per heavy atom. The molecule has 0 bridgehead atoms. The molecule has 1 heteroatoms. The van der Waals surface area contributed by atoms with Crippen molar-refractivity contribution in [1.29, 1.82) is 0 Å². The van der Waals surface area contributed by atoms with Gasteiger partial charge in [0.15, 0.2) is 0 Å². The fraction of sp³-hybridized carbons (Fsp3) is 0.750. The van der Waals surface area contributed by atoms with Crippen molar-refractivity contribution in [2.24, 2.45) is 11.8 Å². The quantitative estimate of drug-likeness (QED) is 0.610. The fourth-order valence-electron chi connectivity index (χ4n) is 6.51. The minimum absolute atomic E-state index is 0.249. The Morgan fingerprint density at radius 2 is 1.52 bits per heavy atom. The summed E-state index contributed by atoms with van der Waals surface area (Å²) in [4.78, 5) is 2.97. The van der Waals surface area contributed by atoms with E-state index < -0.39 is 0 Å². The maximum absolute atomic E-state index is 2.97. The Balaban J connectivity index is 2.00. The van der Waals surface area contributed by atoms with Crippen molar-refractivity contribution in [2.75, 3.05) is 0 Å². The molecule has 0 N–H and O–H groups in total. The van der Waals surface area contributed by atoms with Gasteiger partial charge in [-0.15, -0.1) is 0 Å². The van der Waals surface area contributed by atoms with Gasteiger partial charge in [-0.05, 0) is 57.4 Å². The van der Waals surface area contributed by atoms with E-state index in [4.69, 9.17) is 0 Å². The van der Waals surface area contributed by atoms with E-state index in [9.17, 15) is 0 Å². The zero-order chi connectivity index (χ0) is 18.2. The lowest BCUT2D eigenvalue weighted by atomic mass is 9.72. The third-order valence-electron chi connectivity index (χ3n) is 7.76. The van der Waals surface area contributed by atoms with Gasteiger partial charge in [-0.2, -0.15) is 0 Å². The predicted molar refractivity (Wildman–Crippen MR) is 109 cm³/mol. The number of likely N-dealkylation sites (tertiary alicyclic amines) is 1. The SMILES string of the molecule is CCC1CCC[C@@H](CC)C1N1C(C)C(C)(c2ccccc2)CC1(C)C. The second-order valence-corrected chi connectivity index (χ2v) is 9.61. The lowest BCUT2D eigenvalue weighted by molar-refractivity contribution is -0.0155. The molecule has 0 radical (unpaired) electrons. The molecule has 2 aliphatic rings.